The number of methoxy groups -OCH3 is 2. The molecule has 0 heterocycles. The Balaban J connectivity index is -0.000000774. The number of aliphatic hydroxyl groups excluding tert-OH is 2. The average Bonchev–Trinajstić information content (AvgIpc) is 2.99. The summed E-state index contributed by atoms with van der Waals surface area (Å²) < 4.78 is 26.4. The molecule has 0 saturated heterocycles. The maximum absolute atomic E-state index is 10.8. The Morgan fingerprint density at radius 1 is 0.630 bits per heavy atom. The summed E-state index contributed by atoms with van der Waals surface area (Å²) in [6.45, 7) is 19.1. The third-order valence-electron chi connectivity index (χ3n) is 7.40. The fourth-order valence-corrected chi connectivity index (χ4v) is 13.5. The van der Waals surface area contributed by atoms with Crippen LogP contribution in [0.3, 0.4) is 0 Å². The molecule has 0 aromatic heterocycles. The number of aliphatic hydroxyl groups is 2. The molecule has 0 aliphatic carbocycles. The Kier molecular flexibility index (Phi) is 36.7. The number of hydrogen-bond donors (Lipinski definition) is 2. The van der Waals surface area contributed by atoms with Crippen LogP contribution < -0.4 is 0 Å². The van der Waals surface area contributed by atoms with Crippen molar-refractivity contribution in [2.24, 2.45) is 0 Å². The molecule has 2 N–H and O–H groups in total. The maximum Gasteiger partial charge on any atom is 0.305 e. The van der Waals surface area contributed by atoms with Crippen LogP contribution >= 0.6 is 0 Å². The SMILES string of the molecule is CCCC(O)COCCC[Si](C)(C)O[Si](C)(C)CCCOCC(O)CC.CCCCCCCCCCCC(=O)OC.COC(C)=O. The predicted molar refractivity (Wildman–Crippen MR) is 195 cm³/mol. The minimum atomic E-state index is -1.68. The van der Waals surface area contributed by atoms with Gasteiger partial charge >= 0.3 is 11.9 Å². The molecule has 46 heavy (non-hydrogen) atoms. The first-order chi connectivity index (χ1) is 21.7. The van der Waals surface area contributed by atoms with Crippen molar-refractivity contribution in [3.05, 3.63) is 0 Å². The number of ether oxygens (including phenoxy) is 4. The van der Waals surface area contributed by atoms with E-state index in [0.29, 0.717) is 32.8 Å². The Morgan fingerprint density at radius 3 is 1.46 bits per heavy atom. The lowest BCUT2D eigenvalue weighted by atomic mass is 10.1. The third kappa shape index (κ3) is 41.2. The molecule has 0 aliphatic rings. The normalized spacial score (nSPS) is 12.7. The molecule has 0 spiro atoms. The molecule has 0 fully saturated rings. The van der Waals surface area contributed by atoms with Gasteiger partial charge in [-0.2, -0.15) is 0 Å². The smallest absolute Gasteiger partial charge is 0.305 e. The maximum atomic E-state index is 10.8. The van der Waals surface area contributed by atoms with E-state index in [2.05, 4.69) is 49.5 Å². The van der Waals surface area contributed by atoms with Gasteiger partial charge in [0.25, 0.3) is 0 Å². The van der Waals surface area contributed by atoms with Crippen molar-refractivity contribution in [1.29, 1.82) is 0 Å². The third-order valence-corrected chi connectivity index (χ3v) is 14.9. The van der Waals surface area contributed by atoms with E-state index in [-0.39, 0.29) is 24.1 Å². The number of rotatable bonds is 27. The summed E-state index contributed by atoms with van der Waals surface area (Å²) in [5.74, 6) is -0.317. The van der Waals surface area contributed by atoms with Gasteiger partial charge in [0.05, 0.1) is 39.6 Å². The van der Waals surface area contributed by atoms with Gasteiger partial charge in [0.2, 0.25) is 0 Å². The van der Waals surface area contributed by atoms with Crippen molar-refractivity contribution in [3.63, 3.8) is 0 Å². The summed E-state index contributed by atoms with van der Waals surface area (Å²) in [5.41, 5.74) is 0. The summed E-state index contributed by atoms with van der Waals surface area (Å²) in [6.07, 6.45) is 16.0. The first kappa shape index (κ1) is 49.6. The number of unbranched alkanes of at least 4 members (excludes halogenated alkanes) is 8. The highest BCUT2D eigenvalue weighted by Gasteiger charge is 2.32. The quantitative estimate of drug-likeness (QED) is 0.0495. The van der Waals surface area contributed by atoms with Crippen LogP contribution in [0.4, 0.5) is 0 Å². The molecule has 0 saturated carbocycles. The van der Waals surface area contributed by atoms with E-state index in [1.807, 2.05) is 6.92 Å². The lowest BCUT2D eigenvalue weighted by molar-refractivity contribution is -0.141. The fourth-order valence-electron chi connectivity index (χ4n) is 4.71. The Morgan fingerprint density at radius 2 is 1.07 bits per heavy atom. The van der Waals surface area contributed by atoms with Gasteiger partial charge in [0, 0.05) is 26.6 Å². The highest BCUT2D eigenvalue weighted by atomic mass is 28.4. The molecule has 0 aliphatic heterocycles. The summed E-state index contributed by atoms with van der Waals surface area (Å²) in [6, 6.07) is 2.18. The number of carbonyl (C=O) groups is 2. The van der Waals surface area contributed by atoms with Crippen LogP contribution in [0, 0.1) is 0 Å². The predicted octanol–water partition coefficient (Wildman–Crippen LogP) is 8.42. The molecule has 278 valence electrons. The van der Waals surface area contributed by atoms with Crippen molar-refractivity contribution >= 4 is 28.6 Å². The fraction of sp³-hybridized carbons (Fsp3) is 0.943. The largest absolute Gasteiger partial charge is 0.469 e. The van der Waals surface area contributed by atoms with Crippen LogP contribution in [0.15, 0.2) is 0 Å². The van der Waals surface area contributed by atoms with Gasteiger partial charge in [0.15, 0.2) is 16.6 Å². The molecule has 0 bridgehead atoms. The molecule has 0 aromatic carbocycles. The molecule has 0 rings (SSSR count). The zero-order valence-electron chi connectivity index (χ0n) is 31.8. The van der Waals surface area contributed by atoms with Gasteiger partial charge < -0.3 is 33.3 Å². The van der Waals surface area contributed by atoms with Crippen LogP contribution in [0.2, 0.25) is 38.3 Å². The minimum Gasteiger partial charge on any atom is -0.469 e. The highest BCUT2D eigenvalue weighted by molar-refractivity contribution is 6.84. The van der Waals surface area contributed by atoms with Gasteiger partial charge in [-0.3, -0.25) is 9.59 Å². The van der Waals surface area contributed by atoms with Crippen LogP contribution in [-0.4, -0.2) is 91.6 Å². The van der Waals surface area contributed by atoms with Gasteiger partial charge in [-0.15, -0.1) is 0 Å². The summed E-state index contributed by atoms with van der Waals surface area (Å²) in [7, 11) is -0.564. The van der Waals surface area contributed by atoms with Gasteiger partial charge in [0.1, 0.15) is 0 Å². The molecular formula is C35H76O9Si2. The lowest BCUT2D eigenvalue weighted by Gasteiger charge is -2.34. The van der Waals surface area contributed by atoms with E-state index < -0.39 is 16.6 Å². The van der Waals surface area contributed by atoms with E-state index >= 15 is 0 Å². The van der Waals surface area contributed by atoms with E-state index in [9.17, 15) is 19.8 Å². The Hall–Kier alpha value is -0.826. The second-order valence-corrected chi connectivity index (χ2v) is 22.2. The summed E-state index contributed by atoms with van der Waals surface area (Å²) in [5, 5.41) is 19.2. The zero-order valence-corrected chi connectivity index (χ0v) is 33.8. The average molecular weight is 697 g/mol. The summed E-state index contributed by atoms with van der Waals surface area (Å²) in [4.78, 5) is 20.4. The molecule has 0 amide bonds. The van der Waals surface area contributed by atoms with E-state index in [4.69, 9.17) is 13.6 Å². The van der Waals surface area contributed by atoms with Crippen LogP contribution in [0.25, 0.3) is 0 Å². The minimum absolute atomic E-state index is 0.0713. The van der Waals surface area contributed by atoms with Crippen molar-refractivity contribution in [2.75, 3.05) is 40.6 Å². The standard InChI is InChI=1S/C19H44O5Si2.C13H26O2.C3H6O2/c1-7-11-19(21)17-23-13-10-15-26(5,6)24-25(3,4)14-9-12-22-16-18(20)8-2;1-3-4-5-6-7-8-9-10-11-12-13(14)15-2;1-3(4)5-2/h18-21H,7-17H2,1-6H3;3-12H2,1-2H3;1-2H3. The van der Waals surface area contributed by atoms with E-state index in [0.717, 1.165) is 50.6 Å². The molecule has 9 nitrogen and oxygen atoms in total. The number of hydrogen-bond acceptors (Lipinski definition) is 9. The van der Waals surface area contributed by atoms with E-state index in [1.54, 1.807) is 0 Å². The van der Waals surface area contributed by atoms with Gasteiger partial charge in [-0.25, -0.2) is 0 Å². The topological polar surface area (TPSA) is 121 Å². The molecule has 2 atom stereocenters. The molecular weight excluding hydrogens is 621 g/mol. The zero-order chi connectivity index (χ0) is 35.7. The van der Waals surface area contributed by atoms with Crippen LogP contribution in [-0.2, 0) is 32.7 Å². The number of esters is 2. The van der Waals surface area contributed by atoms with Gasteiger partial charge in [-0.1, -0.05) is 78.6 Å². The number of carbonyl (C=O) groups excluding carboxylic acids is 2. The molecule has 2 unspecified atom stereocenters. The van der Waals surface area contributed by atoms with Crippen molar-refractivity contribution in [1.82, 2.24) is 0 Å². The van der Waals surface area contributed by atoms with Crippen molar-refractivity contribution < 1.29 is 42.9 Å². The summed E-state index contributed by atoms with van der Waals surface area (Å²) >= 11 is 0. The Bertz CT molecular complexity index is 678. The molecule has 11 heteroatoms. The van der Waals surface area contributed by atoms with Crippen molar-refractivity contribution in [2.45, 2.75) is 174 Å². The first-order valence-electron chi connectivity index (χ1n) is 18.0. The van der Waals surface area contributed by atoms with E-state index in [1.165, 1.54) is 72.5 Å². The monoisotopic (exact) mass is 697 g/mol. The molecule has 0 radical (unpaired) electrons. The van der Waals surface area contributed by atoms with Gasteiger partial charge in [-0.05, 0) is 70.4 Å². The highest BCUT2D eigenvalue weighted by Crippen LogP contribution is 2.24. The van der Waals surface area contributed by atoms with Crippen LogP contribution in [0.1, 0.15) is 124 Å². The second kappa shape index (κ2) is 34.1. The second-order valence-electron chi connectivity index (χ2n) is 13.3. The van der Waals surface area contributed by atoms with Crippen molar-refractivity contribution in [3.8, 4) is 0 Å². The molecule has 0 aromatic rings. The Labute approximate surface area is 286 Å². The lowest BCUT2D eigenvalue weighted by Crippen LogP contribution is -2.44. The first-order valence-corrected chi connectivity index (χ1v) is 24.3. The van der Waals surface area contributed by atoms with Crippen LogP contribution in [0.5, 0.6) is 0 Å².